The number of rotatable bonds is 10. The molecule has 0 atom stereocenters. The van der Waals surface area contributed by atoms with Crippen molar-refractivity contribution in [3.05, 3.63) is 46.8 Å². The summed E-state index contributed by atoms with van der Waals surface area (Å²) in [4.78, 5) is 39.5. The first-order valence-electron chi connectivity index (χ1n) is 9.28. The number of aryl methyl sites for hydroxylation is 2. The molecule has 0 radical (unpaired) electrons. The first-order valence-corrected chi connectivity index (χ1v) is 9.28. The molecular formula is C21H25NO7. The Morgan fingerprint density at radius 1 is 0.793 bits per heavy atom. The Morgan fingerprint density at radius 3 is 1.97 bits per heavy atom. The van der Waals surface area contributed by atoms with Crippen molar-refractivity contribution in [2.24, 2.45) is 0 Å². The fourth-order valence-corrected chi connectivity index (χ4v) is 2.79. The van der Waals surface area contributed by atoms with E-state index in [4.69, 9.17) is 18.9 Å². The first kappa shape index (κ1) is 22.0. The molecule has 8 nitrogen and oxygen atoms in total. The zero-order valence-corrected chi connectivity index (χ0v) is 17.0. The van der Waals surface area contributed by atoms with E-state index in [1.807, 2.05) is 6.92 Å². The minimum Gasteiger partial charge on any atom is -0.494 e. The van der Waals surface area contributed by atoms with E-state index >= 15 is 0 Å². The molecule has 8 heteroatoms. The monoisotopic (exact) mass is 403 g/mol. The molecule has 0 spiro atoms. The molecule has 0 fully saturated rings. The number of carbonyl (C=O) groups excluding carboxylic acids is 3. The van der Waals surface area contributed by atoms with Gasteiger partial charge in [-0.3, -0.25) is 4.79 Å². The Hall–Kier alpha value is -3.29. The molecule has 29 heavy (non-hydrogen) atoms. The van der Waals surface area contributed by atoms with E-state index < -0.39 is 24.3 Å². The highest BCUT2D eigenvalue weighted by Crippen LogP contribution is 2.21. The molecule has 0 unspecified atom stereocenters. The van der Waals surface area contributed by atoms with Crippen molar-refractivity contribution < 1.29 is 33.3 Å². The molecule has 1 N–H and O–H groups in total. The first-order chi connectivity index (χ1) is 13.9. The summed E-state index contributed by atoms with van der Waals surface area (Å²) in [5.41, 5.74) is 1.36. The number of ketones is 1. The maximum Gasteiger partial charge on any atom is 0.344 e. The number of carbonyl (C=O) groups is 3. The number of Topliss-reactive ketones (excluding diaryl/α,β-unsaturated/α-hetero) is 1. The standard InChI is InChI=1S/C21H25NO7/c1-5-26-15-7-9-16(10-8-15)28-12-18(24)29-11-17(23)19-13(3)22-14(4)20(19)21(25)27-6-2/h7-10,22H,5-6,11-12H2,1-4H3. The van der Waals surface area contributed by atoms with E-state index in [2.05, 4.69) is 4.98 Å². The van der Waals surface area contributed by atoms with Crippen molar-refractivity contribution in [3.63, 3.8) is 0 Å². The van der Waals surface area contributed by atoms with Crippen LogP contribution in [0.1, 0.15) is 46.0 Å². The van der Waals surface area contributed by atoms with Crippen LogP contribution in [0.5, 0.6) is 11.5 Å². The minimum atomic E-state index is -0.699. The lowest BCUT2D eigenvalue weighted by atomic mass is 10.1. The summed E-state index contributed by atoms with van der Waals surface area (Å²) in [6.45, 7) is 6.79. The predicted molar refractivity (Wildman–Crippen MR) is 105 cm³/mol. The third kappa shape index (κ3) is 5.84. The van der Waals surface area contributed by atoms with Crippen LogP contribution in [0.3, 0.4) is 0 Å². The Balaban J connectivity index is 1.92. The van der Waals surface area contributed by atoms with Gasteiger partial charge in [0.1, 0.15) is 11.5 Å². The van der Waals surface area contributed by atoms with E-state index in [0.717, 1.165) is 0 Å². The number of aromatic amines is 1. The highest BCUT2D eigenvalue weighted by atomic mass is 16.6. The van der Waals surface area contributed by atoms with E-state index in [1.54, 1.807) is 45.0 Å². The van der Waals surface area contributed by atoms with Crippen LogP contribution >= 0.6 is 0 Å². The molecule has 2 aromatic rings. The van der Waals surface area contributed by atoms with Gasteiger partial charge in [0.15, 0.2) is 13.2 Å². The maximum atomic E-state index is 12.5. The number of esters is 2. The highest BCUT2D eigenvalue weighted by Gasteiger charge is 2.26. The second-order valence-electron chi connectivity index (χ2n) is 6.12. The van der Waals surface area contributed by atoms with E-state index in [-0.39, 0.29) is 24.3 Å². The van der Waals surface area contributed by atoms with Gasteiger partial charge in [-0.2, -0.15) is 0 Å². The molecule has 0 aliphatic heterocycles. The average Bonchev–Trinajstić information content (AvgIpc) is 3.00. The van der Waals surface area contributed by atoms with Crippen LogP contribution in [-0.4, -0.2) is 49.1 Å². The van der Waals surface area contributed by atoms with Crippen LogP contribution in [0, 0.1) is 13.8 Å². The van der Waals surface area contributed by atoms with E-state index in [0.29, 0.717) is 29.5 Å². The summed E-state index contributed by atoms with van der Waals surface area (Å²) in [5.74, 6) is -0.622. The fourth-order valence-electron chi connectivity index (χ4n) is 2.79. The number of nitrogens with one attached hydrogen (secondary N) is 1. The zero-order chi connectivity index (χ0) is 21.4. The van der Waals surface area contributed by atoms with Gasteiger partial charge in [-0.1, -0.05) is 0 Å². The lowest BCUT2D eigenvalue weighted by molar-refractivity contribution is -0.144. The Kier molecular flexibility index (Phi) is 7.82. The Bertz CT molecular complexity index is 868. The summed E-state index contributed by atoms with van der Waals surface area (Å²) >= 11 is 0. The topological polar surface area (TPSA) is 104 Å². The van der Waals surface area contributed by atoms with Crippen molar-refractivity contribution in [1.29, 1.82) is 0 Å². The van der Waals surface area contributed by atoms with Crippen LogP contribution in [-0.2, 0) is 14.3 Å². The molecule has 1 heterocycles. The zero-order valence-electron chi connectivity index (χ0n) is 17.0. The van der Waals surface area contributed by atoms with Crippen molar-refractivity contribution in [2.45, 2.75) is 27.7 Å². The van der Waals surface area contributed by atoms with Crippen LogP contribution < -0.4 is 9.47 Å². The highest BCUT2D eigenvalue weighted by molar-refractivity contribution is 6.09. The van der Waals surface area contributed by atoms with Crippen molar-refractivity contribution in [3.8, 4) is 11.5 Å². The second kappa shape index (κ2) is 10.3. The van der Waals surface area contributed by atoms with Gasteiger partial charge in [0.2, 0.25) is 5.78 Å². The summed E-state index contributed by atoms with van der Waals surface area (Å²) in [6.07, 6.45) is 0. The molecular weight excluding hydrogens is 378 g/mol. The van der Waals surface area contributed by atoms with E-state index in [9.17, 15) is 14.4 Å². The summed E-state index contributed by atoms with van der Waals surface area (Å²) in [7, 11) is 0. The average molecular weight is 403 g/mol. The summed E-state index contributed by atoms with van der Waals surface area (Å²) in [6, 6.07) is 6.78. The molecule has 0 bridgehead atoms. The molecule has 0 saturated carbocycles. The maximum absolute atomic E-state index is 12.5. The predicted octanol–water partition coefficient (Wildman–Crippen LogP) is 3.01. The van der Waals surface area contributed by atoms with Crippen LogP contribution in [0.25, 0.3) is 0 Å². The third-order valence-corrected chi connectivity index (χ3v) is 3.99. The van der Waals surface area contributed by atoms with Gasteiger partial charge in [-0.15, -0.1) is 0 Å². The number of benzene rings is 1. The number of hydrogen-bond donors (Lipinski definition) is 1. The summed E-state index contributed by atoms with van der Waals surface area (Å²) < 4.78 is 20.7. The third-order valence-electron chi connectivity index (χ3n) is 3.99. The molecule has 1 aromatic carbocycles. The number of ether oxygens (including phenoxy) is 4. The molecule has 0 aliphatic rings. The van der Waals surface area contributed by atoms with Gasteiger partial charge < -0.3 is 23.9 Å². The lowest BCUT2D eigenvalue weighted by Gasteiger charge is -2.09. The Labute approximate surface area is 169 Å². The van der Waals surface area contributed by atoms with Crippen LogP contribution in [0.15, 0.2) is 24.3 Å². The fraction of sp³-hybridized carbons (Fsp3) is 0.381. The number of hydrogen-bond acceptors (Lipinski definition) is 7. The molecule has 0 amide bonds. The molecule has 0 saturated heterocycles. The van der Waals surface area contributed by atoms with Gasteiger partial charge in [0.25, 0.3) is 0 Å². The SMILES string of the molecule is CCOC(=O)c1c(C)[nH]c(C)c1C(=O)COC(=O)COc1ccc(OCC)cc1. The van der Waals surface area contributed by atoms with Crippen molar-refractivity contribution in [1.82, 2.24) is 4.98 Å². The molecule has 1 aromatic heterocycles. The molecule has 0 aliphatic carbocycles. The largest absolute Gasteiger partial charge is 0.494 e. The smallest absolute Gasteiger partial charge is 0.344 e. The molecule has 2 rings (SSSR count). The normalized spacial score (nSPS) is 10.3. The van der Waals surface area contributed by atoms with Crippen LogP contribution in [0.2, 0.25) is 0 Å². The van der Waals surface area contributed by atoms with Gasteiger partial charge >= 0.3 is 11.9 Å². The Morgan fingerprint density at radius 2 is 1.38 bits per heavy atom. The molecule has 156 valence electrons. The second-order valence-corrected chi connectivity index (χ2v) is 6.12. The van der Waals surface area contributed by atoms with Crippen LogP contribution in [0.4, 0.5) is 0 Å². The van der Waals surface area contributed by atoms with Gasteiger partial charge in [0.05, 0.1) is 24.3 Å². The minimum absolute atomic E-state index is 0.163. The van der Waals surface area contributed by atoms with E-state index in [1.165, 1.54) is 0 Å². The summed E-state index contributed by atoms with van der Waals surface area (Å²) in [5, 5.41) is 0. The van der Waals surface area contributed by atoms with Crippen molar-refractivity contribution >= 4 is 17.7 Å². The van der Waals surface area contributed by atoms with Gasteiger partial charge in [-0.05, 0) is 52.0 Å². The van der Waals surface area contributed by atoms with Crippen molar-refractivity contribution in [2.75, 3.05) is 26.4 Å². The number of H-pyrrole nitrogens is 1. The van der Waals surface area contributed by atoms with Gasteiger partial charge in [-0.25, -0.2) is 9.59 Å². The quantitative estimate of drug-likeness (QED) is 0.480. The van der Waals surface area contributed by atoms with Gasteiger partial charge in [0, 0.05) is 11.4 Å². The lowest BCUT2D eigenvalue weighted by Crippen LogP contribution is -2.21. The number of aromatic nitrogens is 1.